The third kappa shape index (κ3) is 2.80. The smallest absolute Gasteiger partial charge is 0.142 e. The fourth-order valence-electron chi connectivity index (χ4n) is 3.46. The lowest BCUT2D eigenvalue weighted by Crippen LogP contribution is -2.09. The number of nitrogens with zero attached hydrogens (tertiary/aromatic N) is 2. The first-order valence-electron chi connectivity index (χ1n) is 8.74. The number of hydrogen-bond donors (Lipinski definition) is 1. The first-order chi connectivity index (χ1) is 11.6. The molecule has 1 N–H and O–H groups in total. The highest BCUT2D eigenvalue weighted by atomic mass is 32.1. The predicted molar refractivity (Wildman–Crippen MR) is 102 cm³/mol. The van der Waals surface area contributed by atoms with E-state index < -0.39 is 0 Å². The highest BCUT2D eigenvalue weighted by molar-refractivity contribution is 7.19. The number of nitrogens with one attached hydrogen (secondary N) is 1. The second kappa shape index (κ2) is 6.17. The van der Waals surface area contributed by atoms with Gasteiger partial charge in [0, 0.05) is 10.6 Å². The lowest BCUT2D eigenvalue weighted by molar-refractivity contribution is 0.509. The van der Waals surface area contributed by atoms with E-state index in [1.807, 2.05) is 11.3 Å². The molecule has 1 aliphatic rings. The summed E-state index contributed by atoms with van der Waals surface area (Å²) in [6.07, 6.45) is 5.26. The molecule has 3 aromatic rings. The SMILES string of the molecule is CC1CCc2c(sc3ncnc(Nc4ccc(C(C)C)cc4)c23)C1. The second-order valence-corrected chi connectivity index (χ2v) is 8.24. The molecular weight excluding hydrogens is 314 g/mol. The summed E-state index contributed by atoms with van der Waals surface area (Å²) in [5, 5.41) is 4.75. The zero-order chi connectivity index (χ0) is 16.7. The molecule has 0 saturated heterocycles. The van der Waals surface area contributed by atoms with Gasteiger partial charge in [0.05, 0.1) is 5.39 Å². The van der Waals surface area contributed by atoms with Crippen molar-refractivity contribution in [2.24, 2.45) is 5.92 Å². The minimum Gasteiger partial charge on any atom is -0.340 e. The first kappa shape index (κ1) is 15.6. The van der Waals surface area contributed by atoms with Crippen LogP contribution in [-0.2, 0) is 12.8 Å². The molecule has 2 heterocycles. The minimum absolute atomic E-state index is 0.552. The topological polar surface area (TPSA) is 37.8 Å². The van der Waals surface area contributed by atoms with E-state index >= 15 is 0 Å². The van der Waals surface area contributed by atoms with Gasteiger partial charge in [0.25, 0.3) is 0 Å². The summed E-state index contributed by atoms with van der Waals surface area (Å²) in [6, 6.07) is 8.67. The minimum atomic E-state index is 0.552. The van der Waals surface area contributed by atoms with E-state index in [-0.39, 0.29) is 0 Å². The van der Waals surface area contributed by atoms with Crippen molar-refractivity contribution in [2.75, 3.05) is 5.32 Å². The Morgan fingerprint density at radius 3 is 2.71 bits per heavy atom. The first-order valence-corrected chi connectivity index (χ1v) is 9.55. The van der Waals surface area contributed by atoms with Crippen LogP contribution in [0.15, 0.2) is 30.6 Å². The summed E-state index contributed by atoms with van der Waals surface area (Å²) >= 11 is 1.84. The Hall–Kier alpha value is -1.94. The average molecular weight is 337 g/mol. The molecule has 4 rings (SSSR count). The number of benzene rings is 1. The molecule has 0 amide bonds. The Morgan fingerprint density at radius 2 is 1.96 bits per heavy atom. The zero-order valence-corrected chi connectivity index (χ0v) is 15.3. The molecule has 3 nitrogen and oxygen atoms in total. The lowest BCUT2D eigenvalue weighted by Gasteiger charge is -2.18. The quantitative estimate of drug-likeness (QED) is 0.668. The fourth-order valence-corrected chi connectivity index (χ4v) is 4.81. The standard InChI is InChI=1S/C20H23N3S/c1-12(2)14-5-7-15(8-6-14)23-19-18-16-9-4-13(3)10-17(16)24-20(18)22-11-21-19/h5-8,11-13H,4,9-10H2,1-3H3,(H,21,22,23). The fraction of sp³-hybridized carbons (Fsp3) is 0.400. The van der Waals surface area contributed by atoms with Crippen molar-refractivity contribution in [1.82, 2.24) is 9.97 Å². The van der Waals surface area contributed by atoms with Gasteiger partial charge in [-0.15, -0.1) is 11.3 Å². The van der Waals surface area contributed by atoms with Crippen LogP contribution in [0.3, 0.4) is 0 Å². The molecular formula is C20H23N3S. The molecule has 1 aliphatic carbocycles. The lowest BCUT2D eigenvalue weighted by atomic mass is 9.89. The Labute approximate surface area is 147 Å². The van der Waals surface area contributed by atoms with Crippen molar-refractivity contribution in [3.63, 3.8) is 0 Å². The number of thiophene rings is 1. The number of hydrogen-bond acceptors (Lipinski definition) is 4. The highest BCUT2D eigenvalue weighted by Gasteiger charge is 2.23. The Kier molecular flexibility index (Phi) is 4.01. The van der Waals surface area contributed by atoms with Gasteiger partial charge in [0.1, 0.15) is 17.0 Å². The van der Waals surface area contributed by atoms with Gasteiger partial charge in [-0.2, -0.15) is 0 Å². The normalized spacial score (nSPS) is 17.2. The summed E-state index contributed by atoms with van der Waals surface area (Å²) in [5.74, 6) is 2.28. The number of rotatable bonds is 3. The monoisotopic (exact) mass is 337 g/mol. The van der Waals surface area contributed by atoms with E-state index in [0.29, 0.717) is 5.92 Å². The largest absolute Gasteiger partial charge is 0.340 e. The molecule has 2 aromatic heterocycles. The number of anilines is 2. The number of aryl methyl sites for hydroxylation is 1. The van der Waals surface area contributed by atoms with E-state index in [1.54, 1.807) is 6.33 Å². The number of aromatic nitrogens is 2. The maximum absolute atomic E-state index is 4.54. The zero-order valence-electron chi connectivity index (χ0n) is 14.5. The molecule has 124 valence electrons. The van der Waals surface area contributed by atoms with Gasteiger partial charge >= 0.3 is 0 Å². The van der Waals surface area contributed by atoms with Gasteiger partial charge in [-0.25, -0.2) is 9.97 Å². The molecule has 0 saturated carbocycles. The van der Waals surface area contributed by atoms with E-state index in [9.17, 15) is 0 Å². The van der Waals surface area contributed by atoms with Crippen molar-refractivity contribution in [3.05, 3.63) is 46.6 Å². The molecule has 0 radical (unpaired) electrons. The maximum Gasteiger partial charge on any atom is 0.142 e. The van der Waals surface area contributed by atoms with E-state index in [1.165, 1.54) is 34.2 Å². The van der Waals surface area contributed by atoms with Crippen LogP contribution >= 0.6 is 11.3 Å². The van der Waals surface area contributed by atoms with Crippen LogP contribution in [0.5, 0.6) is 0 Å². The van der Waals surface area contributed by atoms with Gasteiger partial charge in [0.2, 0.25) is 0 Å². The number of fused-ring (bicyclic) bond motifs is 3. The molecule has 1 aromatic carbocycles. The molecule has 4 heteroatoms. The summed E-state index contributed by atoms with van der Waals surface area (Å²) < 4.78 is 0. The summed E-state index contributed by atoms with van der Waals surface area (Å²) in [6.45, 7) is 6.78. The molecule has 1 atom stereocenters. The van der Waals surface area contributed by atoms with Crippen molar-refractivity contribution in [2.45, 2.75) is 46.0 Å². The van der Waals surface area contributed by atoms with E-state index in [0.717, 1.165) is 28.7 Å². The van der Waals surface area contributed by atoms with Crippen LogP contribution in [0.1, 0.15) is 49.1 Å². The van der Waals surface area contributed by atoms with Crippen LogP contribution in [-0.4, -0.2) is 9.97 Å². The van der Waals surface area contributed by atoms with Crippen LogP contribution in [0, 0.1) is 5.92 Å². The van der Waals surface area contributed by atoms with E-state index in [4.69, 9.17) is 0 Å². The molecule has 1 unspecified atom stereocenters. The Balaban J connectivity index is 1.71. The van der Waals surface area contributed by atoms with Crippen LogP contribution in [0.4, 0.5) is 11.5 Å². The van der Waals surface area contributed by atoms with Crippen LogP contribution in [0.2, 0.25) is 0 Å². The van der Waals surface area contributed by atoms with Crippen molar-refractivity contribution >= 4 is 33.1 Å². The molecule has 24 heavy (non-hydrogen) atoms. The van der Waals surface area contributed by atoms with Gasteiger partial charge < -0.3 is 5.32 Å². The van der Waals surface area contributed by atoms with Crippen molar-refractivity contribution in [3.8, 4) is 0 Å². The summed E-state index contributed by atoms with van der Waals surface area (Å²) in [4.78, 5) is 11.7. The average Bonchev–Trinajstić information content (AvgIpc) is 2.93. The molecule has 0 spiro atoms. The van der Waals surface area contributed by atoms with E-state index in [2.05, 4.69) is 60.3 Å². The highest BCUT2D eigenvalue weighted by Crippen LogP contribution is 2.40. The van der Waals surface area contributed by atoms with Crippen LogP contribution < -0.4 is 5.32 Å². The summed E-state index contributed by atoms with van der Waals surface area (Å²) in [7, 11) is 0. The van der Waals surface area contributed by atoms with Gasteiger partial charge in [-0.3, -0.25) is 0 Å². The van der Waals surface area contributed by atoms with Crippen molar-refractivity contribution in [1.29, 1.82) is 0 Å². The summed E-state index contributed by atoms with van der Waals surface area (Å²) in [5.41, 5.74) is 3.91. The molecule has 0 fully saturated rings. The van der Waals surface area contributed by atoms with Gasteiger partial charge in [-0.05, 0) is 54.4 Å². The van der Waals surface area contributed by atoms with Crippen molar-refractivity contribution < 1.29 is 0 Å². The predicted octanol–water partition coefficient (Wildman–Crippen LogP) is 5.68. The van der Waals surface area contributed by atoms with Gasteiger partial charge in [-0.1, -0.05) is 32.9 Å². The maximum atomic E-state index is 4.54. The third-order valence-electron chi connectivity index (χ3n) is 4.93. The van der Waals surface area contributed by atoms with Crippen LogP contribution in [0.25, 0.3) is 10.2 Å². The second-order valence-electron chi connectivity index (χ2n) is 7.16. The molecule has 0 bridgehead atoms. The molecule has 0 aliphatic heterocycles. The Morgan fingerprint density at radius 1 is 1.17 bits per heavy atom. The Bertz CT molecular complexity index is 864. The third-order valence-corrected chi connectivity index (χ3v) is 6.09. The van der Waals surface area contributed by atoms with Gasteiger partial charge in [0.15, 0.2) is 0 Å².